The van der Waals surface area contributed by atoms with E-state index in [-0.39, 0.29) is 16.4 Å². The van der Waals surface area contributed by atoms with E-state index in [0.29, 0.717) is 25.0 Å². The van der Waals surface area contributed by atoms with Crippen molar-refractivity contribution in [3.8, 4) is 5.75 Å². The van der Waals surface area contributed by atoms with Crippen LogP contribution in [-0.4, -0.2) is 85.3 Å². The lowest BCUT2D eigenvalue weighted by Gasteiger charge is -2.32. The smallest absolute Gasteiger partial charge is 0.408 e. The third-order valence-electron chi connectivity index (χ3n) is 7.25. The van der Waals surface area contributed by atoms with Gasteiger partial charge in [-0.2, -0.15) is 11.8 Å². The van der Waals surface area contributed by atoms with E-state index >= 15 is 0 Å². The molecule has 1 saturated heterocycles. The lowest BCUT2D eigenvalue weighted by atomic mass is 9.97. The summed E-state index contributed by atoms with van der Waals surface area (Å²) in [5.74, 6) is 1.51. The van der Waals surface area contributed by atoms with Gasteiger partial charge in [-0.05, 0) is 64.0 Å². The number of thioether (sulfide) groups is 3. The zero-order valence-corrected chi connectivity index (χ0v) is 29.6. The summed E-state index contributed by atoms with van der Waals surface area (Å²) in [5, 5.41) is 8.42. The van der Waals surface area contributed by atoms with Crippen LogP contribution in [0.4, 0.5) is 4.79 Å². The second-order valence-electron chi connectivity index (χ2n) is 11.6. The molecule has 13 heteroatoms. The summed E-state index contributed by atoms with van der Waals surface area (Å²) in [6, 6.07) is 5.08. The number of ether oxygens (including phenoxy) is 3. The fraction of sp³-hybridized carbons (Fsp3) is 0.677. The minimum Gasteiger partial charge on any atom is -0.496 e. The van der Waals surface area contributed by atoms with Gasteiger partial charge in [-0.25, -0.2) is 9.59 Å². The van der Waals surface area contributed by atoms with E-state index in [2.05, 4.69) is 16.0 Å². The normalized spacial score (nSPS) is 17.0. The molecule has 2 rings (SSSR count). The van der Waals surface area contributed by atoms with E-state index in [1.54, 1.807) is 63.2 Å². The van der Waals surface area contributed by atoms with Gasteiger partial charge in [0.15, 0.2) is 0 Å². The van der Waals surface area contributed by atoms with Crippen LogP contribution in [0.15, 0.2) is 24.3 Å². The maximum Gasteiger partial charge on any atom is 0.408 e. The number of nitrogens with one attached hydrogen (secondary N) is 3. The molecule has 0 bridgehead atoms. The molecule has 10 nitrogen and oxygen atoms in total. The highest BCUT2D eigenvalue weighted by atomic mass is 32.2. The Hall–Kier alpha value is -2.25. The first-order chi connectivity index (χ1) is 20.8. The fourth-order valence-corrected chi connectivity index (χ4v) is 8.53. The van der Waals surface area contributed by atoms with Crippen molar-refractivity contribution in [3.05, 3.63) is 29.8 Å². The summed E-state index contributed by atoms with van der Waals surface area (Å²) in [5.41, 5.74) is 0.284. The van der Waals surface area contributed by atoms with Crippen molar-refractivity contribution >= 4 is 59.2 Å². The quantitative estimate of drug-likeness (QED) is 0.208. The van der Waals surface area contributed by atoms with E-state index in [1.165, 1.54) is 7.11 Å². The van der Waals surface area contributed by atoms with Crippen LogP contribution >= 0.6 is 35.3 Å². The third kappa shape index (κ3) is 11.3. The average molecular weight is 672 g/mol. The molecule has 248 valence electrons. The minimum absolute atomic E-state index is 0.188. The van der Waals surface area contributed by atoms with Gasteiger partial charge in [0, 0.05) is 17.1 Å². The number of alkyl carbamates (subject to hydrolysis) is 1. The van der Waals surface area contributed by atoms with Crippen molar-refractivity contribution < 1.29 is 33.4 Å². The van der Waals surface area contributed by atoms with E-state index in [1.807, 2.05) is 44.4 Å². The number of carbonyl (C=O) groups is 4. The molecule has 1 fully saturated rings. The SMILES string of the molecule is CC[C@H](C)[C@H](NC(=O)[C@H](CCC1(c2ccccc2OC)SCCS1)NC(=O)[C@H](CCSC)NC(=O)OC(C)(C)C)C(=O)OC. The Morgan fingerprint density at radius 3 is 2.16 bits per heavy atom. The Labute approximate surface area is 275 Å². The first-order valence-corrected chi connectivity index (χ1v) is 18.3. The number of hydrogen-bond acceptors (Lipinski definition) is 10. The molecule has 1 heterocycles. The Morgan fingerprint density at radius 1 is 0.977 bits per heavy atom. The molecule has 0 aliphatic carbocycles. The van der Waals surface area contributed by atoms with Gasteiger partial charge in [-0.3, -0.25) is 9.59 Å². The van der Waals surface area contributed by atoms with Gasteiger partial charge < -0.3 is 30.2 Å². The summed E-state index contributed by atoms with van der Waals surface area (Å²) in [4.78, 5) is 52.8. The molecule has 0 aromatic heterocycles. The van der Waals surface area contributed by atoms with E-state index in [9.17, 15) is 19.2 Å². The molecule has 1 aliphatic heterocycles. The number of para-hydroxylation sites is 1. The number of amides is 3. The van der Waals surface area contributed by atoms with Crippen LogP contribution in [0, 0.1) is 5.92 Å². The molecule has 1 aromatic rings. The minimum atomic E-state index is -0.982. The second kappa shape index (κ2) is 18.0. The van der Waals surface area contributed by atoms with Gasteiger partial charge in [-0.1, -0.05) is 38.5 Å². The molecular formula is C31H49N3O7S3. The van der Waals surface area contributed by atoms with E-state index in [4.69, 9.17) is 14.2 Å². The molecule has 4 atom stereocenters. The van der Waals surface area contributed by atoms with Crippen LogP contribution < -0.4 is 20.7 Å². The number of hydrogen-bond donors (Lipinski definition) is 3. The Kier molecular flexibility index (Phi) is 15.5. The lowest BCUT2D eigenvalue weighted by Crippen LogP contribution is -2.57. The number of carbonyl (C=O) groups excluding carboxylic acids is 4. The van der Waals surface area contributed by atoms with Crippen molar-refractivity contribution in [2.75, 3.05) is 37.7 Å². The molecule has 3 amide bonds. The number of esters is 1. The van der Waals surface area contributed by atoms with Crippen LogP contribution in [-0.2, 0) is 27.9 Å². The Balaban J connectivity index is 2.39. The van der Waals surface area contributed by atoms with Gasteiger partial charge in [0.1, 0.15) is 29.5 Å². The first kappa shape index (κ1) is 37.9. The highest BCUT2D eigenvalue weighted by Crippen LogP contribution is 2.57. The average Bonchev–Trinajstić information content (AvgIpc) is 3.48. The molecule has 0 unspecified atom stereocenters. The maximum absolute atomic E-state index is 13.9. The highest BCUT2D eigenvalue weighted by Gasteiger charge is 2.41. The van der Waals surface area contributed by atoms with Crippen LogP contribution in [0.25, 0.3) is 0 Å². The molecule has 44 heavy (non-hydrogen) atoms. The summed E-state index contributed by atoms with van der Waals surface area (Å²) < 4.78 is 15.7. The number of benzene rings is 1. The topological polar surface area (TPSA) is 132 Å². The highest BCUT2D eigenvalue weighted by molar-refractivity contribution is 8.20. The molecule has 0 saturated carbocycles. The molecule has 3 N–H and O–H groups in total. The third-order valence-corrected chi connectivity index (χ3v) is 11.5. The first-order valence-electron chi connectivity index (χ1n) is 14.9. The van der Waals surface area contributed by atoms with Crippen molar-refractivity contribution in [2.45, 2.75) is 88.1 Å². The monoisotopic (exact) mass is 671 g/mol. The van der Waals surface area contributed by atoms with Crippen LogP contribution in [0.2, 0.25) is 0 Å². The molecule has 0 spiro atoms. The number of methoxy groups -OCH3 is 2. The molecular weight excluding hydrogens is 623 g/mol. The summed E-state index contributed by atoms with van der Waals surface area (Å²) in [7, 11) is 2.93. The summed E-state index contributed by atoms with van der Waals surface area (Å²) >= 11 is 5.13. The Morgan fingerprint density at radius 2 is 1.59 bits per heavy atom. The maximum atomic E-state index is 13.9. The van der Waals surface area contributed by atoms with Gasteiger partial charge in [0.05, 0.1) is 18.3 Å². The molecule has 1 aliphatic rings. The summed E-state index contributed by atoms with van der Waals surface area (Å²) in [6.45, 7) is 9.03. The van der Waals surface area contributed by atoms with Gasteiger partial charge in [-0.15, -0.1) is 23.5 Å². The van der Waals surface area contributed by atoms with Crippen LogP contribution in [0.3, 0.4) is 0 Å². The second-order valence-corrected chi connectivity index (χ2v) is 15.7. The molecule has 1 aromatic carbocycles. The Bertz CT molecular complexity index is 1110. The van der Waals surface area contributed by atoms with Gasteiger partial charge >= 0.3 is 12.1 Å². The zero-order chi connectivity index (χ0) is 32.9. The lowest BCUT2D eigenvalue weighted by molar-refractivity contribution is -0.147. The largest absolute Gasteiger partial charge is 0.496 e. The fourth-order valence-electron chi connectivity index (χ4n) is 4.73. The van der Waals surface area contributed by atoms with Crippen molar-refractivity contribution in [2.24, 2.45) is 5.92 Å². The van der Waals surface area contributed by atoms with E-state index < -0.39 is 47.6 Å². The summed E-state index contributed by atoms with van der Waals surface area (Å²) in [6.07, 6.45) is 3.01. The molecule has 0 radical (unpaired) electrons. The van der Waals surface area contributed by atoms with Gasteiger partial charge in [0.25, 0.3) is 0 Å². The predicted molar refractivity (Wildman–Crippen MR) is 180 cm³/mol. The van der Waals surface area contributed by atoms with Crippen LogP contribution in [0.5, 0.6) is 5.75 Å². The zero-order valence-electron chi connectivity index (χ0n) is 27.2. The van der Waals surface area contributed by atoms with Gasteiger partial charge in [0.2, 0.25) is 11.8 Å². The van der Waals surface area contributed by atoms with E-state index in [0.717, 1.165) is 22.8 Å². The van der Waals surface area contributed by atoms with Crippen molar-refractivity contribution in [1.82, 2.24) is 16.0 Å². The van der Waals surface area contributed by atoms with Crippen LogP contribution in [0.1, 0.15) is 65.9 Å². The standard InChI is InChI=1S/C31H49N3O7S3/c1-9-20(2)25(28(37)40-7)34-27(36)22(32-26(35)23(15-17-42-8)33-29(38)41-30(3,4)5)14-16-31(43-18-19-44-31)21-12-10-11-13-24(21)39-6/h10-13,20,22-23,25H,9,14-19H2,1-8H3,(H,32,35)(H,33,38)(H,34,36)/t20-,22-,23-,25-/m0/s1. The van der Waals surface area contributed by atoms with Crippen molar-refractivity contribution in [3.63, 3.8) is 0 Å². The number of rotatable bonds is 16. The predicted octanol–water partition coefficient (Wildman–Crippen LogP) is 4.94. The van der Waals surface area contributed by atoms with Crippen molar-refractivity contribution in [1.29, 1.82) is 0 Å².